The number of hydrogen-bond donors (Lipinski definition) is 2. The number of H-pyrrole nitrogens is 1. The van der Waals surface area contributed by atoms with Gasteiger partial charge in [0.05, 0.1) is 23.3 Å². The van der Waals surface area contributed by atoms with E-state index in [0.29, 0.717) is 21.6 Å². The summed E-state index contributed by atoms with van der Waals surface area (Å²) in [7, 11) is 0. The largest absolute Gasteiger partial charge is 0.326 e. The van der Waals surface area contributed by atoms with Crippen molar-refractivity contribution in [1.29, 1.82) is 0 Å². The molecule has 0 saturated carbocycles. The predicted octanol–water partition coefficient (Wildman–Crippen LogP) is 4.37. The second-order valence-corrected chi connectivity index (χ2v) is 8.97. The zero-order valence-corrected chi connectivity index (χ0v) is 19.6. The van der Waals surface area contributed by atoms with E-state index in [4.69, 9.17) is 11.6 Å². The fourth-order valence-electron chi connectivity index (χ4n) is 4.53. The number of rotatable bonds is 5. The maximum absolute atomic E-state index is 15.3. The van der Waals surface area contributed by atoms with Crippen LogP contribution in [0, 0.1) is 5.82 Å². The Hall–Kier alpha value is -3.98. The Bertz CT molecular complexity index is 1530. The number of carbonyl (C=O) groups is 2. The fourth-order valence-corrected chi connectivity index (χ4v) is 4.77. The molecule has 184 valence electrons. The summed E-state index contributed by atoms with van der Waals surface area (Å²) in [6.07, 6.45) is -1.66. The van der Waals surface area contributed by atoms with Crippen LogP contribution in [0.5, 0.6) is 0 Å². The summed E-state index contributed by atoms with van der Waals surface area (Å²) < 4.78 is 30.9. The minimum atomic E-state index is -1.43. The average molecular weight is 511 g/mol. The van der Waals surface area contributed by atoms with Crippen LogP contribution >= 0.6 is 11.6 Å². The maximum atomic E-state index is 15.3. The Labute approximate surface area is 209 Å². The van der Waals surface area contributed by atoms with Gasteiger partial charge in [-0.25, -0.2) is 13.6 Å². The molecule has 1 saturated heterocycles. The van der Waals surface area contributed by atoms with Gasteiger partial charge in [0.25, 0.3) is 0 Å². The third kappa shape index (κ3) is 4.37. The molecule has 5 rings (SSSR count). The maximum Gasteiger partial charge on any atom is 0.326 e. The van der Waals surface area contributed by atoms with Gasteiger partial charge in [-0.3, -0.25) is 14.2 Å². The molecule has 0 bridgehead atoms. The summed E-state index contributed by atoms with van der Waals surface area (Å²) in [6, 6.07) is 16.9. The van der Waals surface area contributed by atoms with Crippen LogP contribution in [0.15, 0.2) is 71.5 Å². The normalized spacial score (nSPS) is 17.5. The summed E-state index contributed by atoms with van der Waals surface area (Å²) in [5.41, 5.74) is 1.13. The lowest BCUT2D eigenvalue weighted by Gasteiger charge is -2.24. The first-order valence-corrected chi connectivity index (χ1v) is 11.7. The first-order chi connectivity index (χ1) is 17.3. The highest BCUT2D eigenvalue weighted by Crippen LogP contribution is 2.33. The molecular weight excluding hydrogens is 490 g/mol. The molecule has 2 amide bonds. The van der Waals surface area contributed by atoms with Crippen molar-refractivity contribution in [2.75, 3.05) is 11.9 Å². The van der Waals surface area contributed by atoms with Crippen molar-refractivity contribution in [3.05, 3.63) is 88.1 Å². The Morgan fingerprint density at radius 2 is 1.75 bits per heavy atom. The van der Waals surface area contributed by atoms with Gasteiger partial charge >= 0.3 is 5.69 Å². The molecule has 0 spiro atoms. The predicted molar refractivity (Wildman–Crippen MR) is 133 cm³/mol. The lowest BCUT2D eigenvalue weighted by molar-refractivity contribution is -0.137. The molecule has 2 heterocycles. The van der Waals surface area contributed by atoms with E-state index in [0.717, 1.165) is 4.90 Å². The number of likely N-dealkylation sites (tertiary alicyclic amines) is 1. The van der Waals surface area contributed by atoms with E-state index in [9.17, 15) is 18.8 Å². The number of benzene rings is 3. The summed E-state index contributed by atoms with van der Waals surface area (Å²) in [6.45, 7) is -0.661. The zero-order chi connectivity index (χ0) is 25.4. The molecular formula is C26H21ClF2N4O3. The number of fused-ring (bicyclic) bond motifs is 1. The monoisotopic (exact) mass is 510 g/mol. The van der Waals surface area contributed by atoms with E-state index >= 15 is 4.39 Å². The van der Waals surface area contributed by atoms with Gasteiger partial charge in [-0.15, -0.1) is 0 Å². The third-order valence-corrected chi connectivity index (χ3v) is 6.60. The highest BCUT2D eigenvalue weighted by Gasteiger charge is 2.40. The molecule has 4 aromatic rings. The Morgan fingerprint density at radius 3 is 2.56 bits per heavy atom. The quantitative estimate of drug-likeness (QED) is 0.418. The number of anilines is 1. The van der Waals surface area contributed by atoms with E-state index in [1.165, 1.54) is 16.7 Å². The number of hydrogen-bond acceptors (Lipinski definition) is 3. The van der Waals surface area contributed by atoms with Gasteiger partial charge in [-0.05, 0) is 24.3 Å². The van der Waals surface area contributed by atoms with Crippen LogP contribution in [0.4, 0.5) is 14.5 Å². The van der Waals surface area contributed by atoms with Crippen molar-refractivity contribution >= 4 is 40.1 Å². The van der Waals surface area contributed by atoms with Crippen molar-refractivity contribution < 1.29 is 18.4 Å². The Balaban J connectivity index is 1.37. The summed E-state index contributed by atoms with van der Waals surface area (Å²) in [4.78, 5) is 42.3. The number of imidazole rings is 1. The lowest BCUT2D eigenvalue weighted by atomic mass is 10.0. The zero-order valence-electron chi connectivity index (χ0n) is 18.9. The minimum absolute atomic E-state index is 0.111. The van der Waals surface area contributed by atoms with E-state index in [-0.39, 0.29) is 30.8 Å². The van der Waals surface area contributed by atoms with E-state index in [1.807, 2.05) is 0 Å². The first-order valence-electron chi connectivity index (χ1n) is 11.3. The standard InChI is InChI=1S/C26H21ClF2N4O3/c27-18-8-2-1-6-16(18)17-7-5-10-20(24(17)29)30-25(35)22-12-15(28)13-32(22)23(34)14-33-21-11-4-3-9-19(21)31-26(33)36/h1-11,15,22H,12-14H2,(H,30,35)(H,31,36). The molecule has 36 heavy (non-hydrogen) atoms. The number of alkyl halides is 1. The Morgan fingerprint density at radius 1 is 1.03 bits per heavy atom. The lowest BCUT2D eigenvalue weighted by Crippen LogP contribution is -2.45. The first kappa shape index (κ1) is 23.7. The van der Waals surface area contributed by atoms with Crippen molar-refractivity contribution in [1.82, 2.24) is 14.5 Å². The number of nitrogens with one attached hydrogen (secondary N) is 2. The molecule has 10 heteroatoms. The highest BCUT2D eigenvalue weighted by molar-refractivity contribution is 6.33. The van der Waals surface area contributed by atoms with Crippen molar-refractivity contribution in [2.45, 2.75) is 25.2 Å². The number of para-hydroxylation sites is 2. The average Bonchev–Trinajstić information content (AvgIpc) is 3.40. The second kappa shape index (κ2) is 9.58. The van der Waals surface area contributed by atoms with Crippen LogP contribution in [-0.2, 0) is 16.1 Å². The van der Waals surface area contributed by atoms with Gasteiger partial charge in [0, 0.05) is 22.6 Å². The number of aromatic nitrogens is 2. The molecule has 1 aliphatic heterocycles. The van der Waals surface area contributed by atoms with Crippen LogP contribution in [0.25, 0.3) is 22.2 Å². The van der Waals surface area contributed by atoms with Crippen molar-refractivity contribution in [3.63, 3.8) is 0 Å². The van der Waals surface area contributed by atoms with E-state index in [2.05, 4.69) is 10.3 Å². The summed E-state index contributed by atoms with van der Waals surface area (Å²) in [5, 5.41) is 2.84. The summed E-state index contributed by atoms with van der Waals surface area (Å²) >= 11 is 6.20. The molecule has 1 fully saturated rings. The van der Waals surface area contributed by atoms with Crippen LogP contribution in [0.1, 0.15) is 6.42 Å². The molecule has 3 aromatic carbocycles. The molecule has 2 unspecified atom stereocenters. The summed E-state index contributed by atoms with van der Waals surface area (Å²) in [5.74, 6) is -2.01. The highest BCUT2D eigenvalue weighted by atomic mass is 35.5. The smallest absolute Gasteiger partial charge is 0.326 e. The van der Waals surface area contributed by atoms with Crippen LogP contribution in [0.3, 0.4) is 0 Å². The molecule has 2 atom stereocenters. The molecule has 1 aromatic heterocycles. The SMILES string of the molecule is O=C(Nc1cccc(-c2ccccc2Cl)c1F)C1CC(F)CN1C(=O)Cn1c(=O)[nH]c2ccccc21. The van der Waals surface area contributed by atoms with Crippen LogP contribution in [-0.4, -0.2) is 45.0 Å². The van der Waals surface area contributed by atoms with Gasteiger partial charge < -0.3 is 15.2 Å². The molecule has 0 radical (unpaired) electrons. The fraction of sp³-hybridized carbons (Fsp3) is 0.192. The van der Waals surface area contributed by atoms with E-state index in [1.54, 1.807) is 54.6 Å². The number of amides is 2. The molecule has 2 N–H and O–H groups in total. The van der Waals surface area contributed by atoms with Gasteiger partial charge in [0.15, 0.2) is 5.82 Å². The van der Waals surface area contributed by atoms with Gasteiger partial charge in [0.2, 0.25) is 11.8 Å². The molecule has 0 aliphatic carbocycles. The van der Waals surface area contributed by atoms with Gasteiger partial charge in [-0.2, -0.15) is 0 Å². The van der Waals surface area contributed by atoms with E-state index < -0.39 is 35.5 Å². The van der Waals surface area contributed by atoms with Crippen LogP contribution < -0.4 is 11.0 Å². The number of halogens is 3. The second-order valence-electron chi connectivity index (χ2n) is 8.56. The minimum Gasteiger partial charge on any atom is -0.326 e. The van der Waals surface area contributed by atoms with Crippen molar-refractivity contribution in [3.8, 4) is 11.1 Å². The van der Waals surface area contributed by atoms with Crippen molar-refractivity contribution in [2.24, 2.45) is 0 Å². The number of nitrogens with zero attached hydrogens (tertiary/aromatic N) is 2. The number of aromatic amines is 1. The molecule has 1 aliphatic rings. The number of carbonyl (C=O) groups excluding carboxylic acids is 2. The topological polar surface area (TPSA) is 87.2 Å². The van der Waals surface area contributed by atoms with Crippen LogP contribution in [0.2, 0.25) is 5.02 Å². The third-order valence-electron chi connectivity index (χ3n) is 6.27. The molecule has 7 nitrogen and oxygen atoms in total. The van der Waals surface area contributed by atoms with Gasteiger partial charge in [0.1, 0.15) is 18.8 Å². The van der Waals surface area contributed by atoms with Gasteiger partial charge in [-0.1, -0.05) is 54.1 Å². The Kier molecular flexibility index (Phi) is 6.32.